The molecule has 0 N–H and O–H groups in total. The standard InChI is InChI=1S/C10H10Br2O2/c1-14-9(13)5-7-3-2-4-8(6-11)10(7)12/h2-4H,5-6H2,1H3. The van der Waals surface area contributed by atoms with Crippen molar-refractivity contribution in [1.29, 1.82) is 0 Å². The van der Waals surface area contributed by atoms with Crippen LogP contribution in [0, 0.1) is 0 Å². The predicted molar refractivity (Wildman–Crippen MR) is 62.5 cm³/mol. The lowest BCUT2D eigenvalue weighted by atomic mass is 10.1. The Bertz CT molecular complexity index is 337. The monoisotopic (exact) mass is 320 g/mol. The molecule has 0 unspecified atom stereocenters. The summed E-state index contributed by atoms with van der Waals surface area (Å²) in [5, 5.41) is 0.766. The van der Waals surface area contributed by atoms with Gasteiger partial charge in [0.2, 0.25) is 0 Å². The van der Waals surface area contributed by atoms with Crippen LogP contribution < -0.4 is 0 Å². The maximum Gasteiger partial charge on any atom is 0.310 e. The number of rotatable bonds is 3. The number of benzene rings is 1. The minimum atomic E-state index is -0.225. The topological polar surface area (TPSA) is 26.3 Å². The van der Waals surface area contributed by atoms with Crippen molar-refractivity contribution >= 4 is 37.8 Å². The van der Waals surface area contributed by atoms with Gasteiger partial charge in [0, 0.05) is 9.80 Å². The van der Waals surface area contributed by atoms with E-state index in [1.165, 1.54) is 7.11 Å². The minimum absolute atomic E-state index is 0.225. The summed E-state index contributed by atoms with van der Waals surface area (Å²) in [6.45, 7) is 0. The van der Waals surface area contributed by atoms with E-state index in [1.807, 2.05) is 18.2 Å². The van der Waals surface area contributed by atoms with Gasteiger partial charge in [0.1, 0.15) is 0 Å². The number of ether oxygens (including phenoxy) is 1. The van der Waals surface area contributed by atoms with Crippen molar-refractivity contribution in [2.24, 2.45) is 0 Å². The lowest BCUT2D eigenvalue weighted by Crippen LogP contribution is -2.05. The fourth-order valence-electron chi connectivity index (χ4n) is 1.10. The Morgan fingerprint density at radius 2 is 2.07 bits per heavy atom. The van der Waals surface area contributed by atoms with Crippen LogP contribution in [-0.4, -0.2) is 13.1 Å². The maximum atomic E-state index is 11.1. The van der Waals surface area contributed by atoms with Crippen molar-refractivity contribution < 1.29 is 9.53 Å². The summed E-state index contributed by atoms with van der Waals surface area (Å²) >= 11 is 6.84. The zero-order chi connectivity index (χ0) is 10.6. The van der Waals surface area contributed by atoms with E-state index in [4.69, 9.17) is 0 Å². The third-order valence-corrected chi connectivity index (χ3v) is 3.49. The Balaban J connectivity index is 2.92. The van der Waals surface area contributed by atoms with Crippen LogP contribution in [0.4, 0.5) is 0 Å². The molecule has 1 aromatic rings. The molecule has 0 amide bonds. The van der Waals surface area contributed by atoms with Gasteiger partial charge >= 0.3 is 5.97 Å². The molecule has 0 bridgehead atoms. The highest BCUT2D eigenvalue weighted by Crippen LogP contribution is 2.24. The summed E-state index contributed by atoms with van der Waals surface area (Å²) in [7, 11) is 1.39. The molecule has 0 saturated heterocycles. The van der Waals surface area contributed by atoms with E-state index in [9.17, 15) is 4.79 Å². The molecule has 0 fully saturated rings. The molecule has 1 rings (SSSR count). The summed E-state index contributed by atoms with van der Waals surface area (Å²) in [4.78, 5) is 11.1. The lowest BCUT2D eigenvalue weighted by Gasteiger charge is -2.06. The average Bonchev–Trinajstić information content (AvgIpc) is 2.21. The van der Waals surface area contributed by atoms with Gasteiger partial charge < -0.3 is 4.74 Å². The number of esters is 1. The van der Waals surface area contributed by atoms with Gasteiger partial charge in [-0.05, 0) is 11.1 Å². The number of hydrogen-bond acceptors (Lipinski definition) is 2. The predicted octanol–water partition coefficient (Wildman–Crippen LogP) is 3.06. The molecule has 2 nitrogen and oxygen atoms in total. The molecule has 0 spiro atoms. The fourth-order valence-corrected chi connectivity index (χ4v) is 2.49. The molecule has 0 saturated carbocycles. The Morgan fingerprint density at radius 3 is 2.64 bits per heavy atom. The van der Waals surface area contributed by atoms with Crippen molar-refractivity contribution in [3.05, 3.63) is 33.8 Å². The number of carbonyl (C=O) groups excluding carboxylic acids is 1. The first kappa shape index (κ1) is 11.7. The summed E-state index contributed by atoms with van der Waals surface area (Å²) in [6, 6.07) is 5.84. The van der Waals surface area contributed by atoms with Crippen LogP contribution in [0.5, 0.6) is 0 Å². The zero-order valence-electron chi connectivity index (χ0n) is 7.72. The zero-order valence-corrected chi connectivity index (χ0v) is 10.9. The molecule has 4 heteroatoms. The number of alkyl halides is 1. The van der Waals surface area contributed by atoms with E-state index >= 15 is 0 Å². The molecular weight excluding hydrogens is 312 g/mol. The van der Waals surface area contributed by atoms with Crippen LogP contribution in [0.2, 0.25) is 0 Å². The van der Waals surface area contributed by atoms with Gasteiger partial charge in [-0.2, -0.15) is 0 Å². The summed E-state index contributed by atoms with van der Waals surface area (Å²) < 4.78 is 5.59. The van der Waals surface area contributed by atoms with Crippen LogP contribution in [0.25, 0.3) is 0 Å². The van der Waals surface area contributed by atoms with Crippen molar-refractivity contribution in [1.82, 2.24) is 0 Å². The van der Waals surface area contributed by atoms with Gasteiger partial charge in [-0.15, -0.1) is 0 Å². The largest absolute Gasteiger partial charge is 0.469 e. The van der Waals surface area contributed by atoms with Crippen molar-refractivity contribution in [2.45, 2.75) is 11.8 Å². The Kier molecular flexibility index (Phi) is 4.62. The van der Waals surface area contributed by atoms with Crippen LogP contribution in [-0.2, 0) is 21.3 Å². The molecule has 0 atom stereocenters. The maximum absolute atomic E-state index is 11.1. The van der Waals surface area contributed by atoms with Crippen LogP contribution in [0.15, 0.2) is 22.7 Å². The third kappa shape index (κ3) is 2.82. The second-order valence-corrected chi connectivity index (χ2v) is 4.13. The Hall–Kier alpha value is -0.350. The molecule has 0 heterocycles. The first-order chi connectivity index (χ1) is 6.69. The van der Waals surface area contributed by atoms with Crippen LogP contribution >= 0.6 is 31.9 Å². The van der Waals surface area contributed by atoms with Gasteiger partial charge in [-0.1, -0.05) is 50.1 Å². The summed E-state index contributed by atoms with van der Waals surface area (Å²) in [5.74, 6) is -0.225. The lowest BCUT2D eigenvalue weighted by molar-refractivity contribution is -0.139. The second-order valence-electron chi connectivity index (χ2n) is 2.78. The molecule has 0 aromatic heterocycles. The minimum Gasteiger partial charge on any atom is -0.469 e. The van der Waals surface area contributed by atoms with E-state index < -0.39 is 0 Å². The summed E-state index contributed by atoms with van der Waals surface area (Å²) in [5.41, 5.74) is 2.08. The first-order valence-electron chi connectivity index (χ1n) is 4.08. The summed E-state index contributed by atoms with van der Waals surface area (Å²) in [6.07, 6.45) is 0.303. The number of carbonyl (C=O) groups is 1. The SMILES string of the molecule is COC(=O)Cc1cccc(CBr)c1Br. The highest BCUT2D eigenvalue weighted by atomic mass is 79.9. The first-order valence-corrected chi connectivity index (χ1v) is 5.99. The number of methoxy groups -OCH3 is 1. The molecule has 0 aliphatic heterocycles. The van der Waals surface area contributed by atoms with Crippen molar-refractivity contribution in [3.8, 4) is 0 Å². The van der Waals surface area contributed by atoms with Gasteiger partial charge in [-0.25, -0.2) is 0 Å². The van der Waals surface area contributed by atoms with E-state index in [1.54, 1.807) is 0 Å². The number of halogens is 2. The highest BCUT2D eigenvalue weighted by molar-refractivity contribution is 9.10. The molecule has 76 valence electrons. The third-order valence-electron chi connectivity index (χ3n) is 1.87. The Labute approximate surface area is 99.9 Å². The van der Waals surface area contributed by atoms with E-state index in [0.29, 0.717) is 6.42 Å². The average molecular weight is 322 g/mol. The quantitative estimate of drug-likeness (QED) is 0.632. The molecule has 1 aromatic carbocycles. The van der Waals surface area contributed by atoms with Gasteiger partial charge in [0.05, 0.1) is 13.5 Å². The fraction of sp³-hybridized carbons (Fsp3) is 0.300. The smallest absolute Gasteiger partial charge is 0.310 e. The molecular formula is C10H10Br2O2. The number of hydrogen-bond donors (Lipinski definition) is 0. The normalized spacial score (nSPS) is 9.93. The molecule has 0 aliphatic rings. The van der Waals surface area contributed by atoms with E-state index in [-0.39, 0.29) is 5.97 Å². The van der Waals surface area contributed by atoms with Crippen LogP contribution in [0.1, 0.15) is 11.1 Å². The second kappa shape index (κ2) is 5.51. The van der Waals surface area contributed by atoms with Gasteiger partial charge in [-0.3, -0.25) is 4.79 Å². The van der Waals surface area contributed by atoms with Gasteiger partial charge in [0.15, 0.2) is 0 Å². The van der Waals surface area contributed by atoms with Crippen LogP contribution in [0.3, 0.4) is 0 Å². The van der Waals surface area contributed by atoms with Crippen molar-refractivity contribution in [2.75, 3.05) is 7.11 Å². The van der Waals surface area contributed by atoms with E-state index in [0.717, 1.165) is 20.9 Å². The van der Waals surface area contributed by atoms with Crippen molar-refractivity contribution in [3.63, 3.8) is 0 Å². The van der Waals surface area contributed by atoms with Gasteiger partial charge in [0.25, 0.3) is 0 Å². The highest BCUT2D eigenvalue weighted by Gasteiger charge is 2.08. The Morgan fingerprint density at radius 1 is 1.43 bits per heavy atom. The molecule has 14 heavy (non-hydrogen) atoms. The molecule has 0 radical (unpaired) electrons. The molecule has 0 aliphatic carbocycles. The van der Waals surface area contributed by atoms with E-state index in [2.05, 4.69) is 36.6 Å².